The van der Waals surface area contributed by atoms with Gasteiger partial charge in [-0.2, -0.15) is 0 Å². The molecule has 0 saturated carbocycles. The second kappa shape index (κ2) is 6.67. The van der Waals surface area contributed by atoms with Crippen LogP contribution >= 0.6 is 15.9 Å². The average molecular weight is 353 g/mol. The molecule has 0 aliphatic heterocycles. The summed E-state index contributed by atoms with van der Waals surface area (Å²) in [5.74, 6) is -0.589. The molecule has 0 atom stereocenters. The van der Waals surface area contributed by atoms with Crippen LogP contribution in [0.1, 0.15) is 24.2 Å². The van der Waals surface area contributed by atoms with Crippen LogP contribution in [-0.2, 0) is 0 Å². The van der Waals surface area contributed by atoms with Crippen molar-refractivity contribution in [3.63, 3.8) is 0 Å². The van der Waals surface area contributed by atoms with Crippen LogP contribution in [0.4, 0.5) is 10.1 Å². The molecule has 2 rings (SSSR count). The van der Waals surface area contributed by atoms with E-state index < -0.39 is 11.7 Å². The third kappa shape index (κ3) is 4.01. The lowest BCUT2D eigenvalue weighted by atomic mass is 10.2. The number of anilines is 1. The predicted molar refractivity (Wildman–Crippen MR) is 82.1 cm³/mol. The number of carbonyl (C=O) groups is 1. The largest absolute Gasteiger partial charge is 0.473 e. The van der Waals surface area contributed by atoms with E-state index in [-0.39, 0.29) is 11.7 Å². The minimum absolute atomic E-state index is 0.0688. The molecule has 0 radical (unpaired) electrons. The molecule has 110 valence electrons. The fourth-order valence-corrected chi connectivity index (χ4v) is 1.88. The standard InChI is InChI=1S/C15H14BrFN2O2/c1-9(2)21-15-13(4-3-7-18-15)19-14(20)10-5-6-11(16)12(17)8-10/h3-9H,1-2H3,(H,19,20). The van der Waals surface area contributed by atoms with Crippen molar-refractivity contribution in [3.8, 4) is 5.88 Å². The molecule has 0 aliphatic rings. The lowest BCUT2D eigenvalue weighted by molar-refractivity contribution is 0.102. The number of carbonyl (C=O) groups excluding carboxylic acids is 1. The van der Waals surface area contributed by atoms with Crippen molar-refractivity contribution in [3.05, 3.63) is 52.4 Å². The lowest BCUT2D eigenvalue weighted by Gasteiger charge is -2.13. The van der Waals surface area contributed by atoms with Gasteiger partial charge >= 0.3 is 0 Å². The number of nitrogens with one attached hydrogen (secondary N) is 1. The topological polar surface area (TPSA) is 51.2 Å². The fourth-order valence-electron chi connectivity index (χ4n) is 1.63. The van der Waals surface area contributed by atoms with Gasteiger partial charge in [0.15, 0.2) is 0 Å². The monoisotopic (exact) mass is 352 g/mol. The zero-order valence-electron chi connectivity index (χ0n) is 11.6. The van der Waals surface area contributed by atoms with Crippen molar-refractivity contribution >= 4 is 27.5 Å². The van der Waals surface area contributed by atoms with Crippen molar-refractivity contribution in [1.82, 2.24) is 4.98 Å². The van der Waals surface area contributed by atoms with E-state index in [1.54, 1.807) is 18.3 Å². The Morgan fingerprint density at radius 2 is 2.14 bits per heavy atom. The molecule has 1 heterocycles. The summed E-state index contributed by atoms with van der Waals surface area (Å²) in [5, 5.41) is 2.67. The second-order valence-corrected chi connectivity index (χ2v) is 5.46. The smallest absolute Gasteiger partial charge is 0.255 e. The number of nitrogens with zero attached hydrogens (tertiary/aromatic N) is 1. The van der Waals surface area contributed by atoms with Gasteiger partial charge in [0, 0.05) is 11.8 Å². The van der Waals surface area contributed by atoms with Crippen molar-refractivity contribution in [1.29, 1.82) is 0 Å². The van der Waals surface area contributed by atoms with Gasteiger partial charge in [0.1, 0.15) is 11.5 Å². The van der Waals surface area contributed by atoms with E-state index in [1.165, 1.54) is 18.2 Å². The Hall–Kier alpha value is -1.95. The summed E-state index contributed by atoms with van der Waals surface area (Å²) in [7, 11) is 0. The van der Waals surface area contributed by atoms with Gasteiger partial charge in [-0.25, -0.2) is 9.37 Å². The number of hydrogen-bond donors (Lipinski definition) is 1. The number of halogens is 2. The molecule has 6 heteroatoms. The molecule has 0 unspecified atom stereocenters. The summed E-state index contributed by atoms with van der Waals surface area (Å²) in [5.41, 5.74) is 0.662. The molecule has 0 fully saturated rings. The van der Waals surface area contributed by atoms with E-state index in [9.17, 15) is 9.18 Å². The van der Waals surface area contributed by atoms with E-state index in [0.717, 1.165) is 0 Å². The maximum Gasteiger partial charge on any atom is 0.255 e. The summed E-state index contributed by atoms with van der Waals surface area (Å²) in [4.78, 5) is 16.2. The zero-order valence-corrected chi connectivity index (χ0v) is 13.1. The third-order valence-corrected chi connectivity index (χ3v) is 3.19. The highest BCUT2D eigenvalue weighted by Gasteiger charge is 2.13. The van der Waals surface area contributed by atoms with Crippen LogP contribution in [0.3, 0.4) is 0 Å². The van der Waals surface area contributed by atoms with E-state index in [4.69, 9.17) is 4.74 Å². The molecule has 1 amide bonds. The number of hydrogen-bond acceptors (Lipinski definition) is 3. The van der Waals surface area contributed by atoms with E-state index in [2.05, 4.69) is 26.2 Å². The zero-order chi connectivity index (χ0) is 15.4. The van der Waals surface area contributed by atoms with Gasteiger partial charge in [-0.3, -0.25) is 4.79 Å². The van der Waals surface area contributed by atoms with Crippen LogP contribution < -0.4 is 10.1 Å². The average Bonchev–Trinajstić information content (AvgIpc) is 2.43. The Morgan fingerprint density at radius 1 is 1.38 bits per heavy atom. The predicted octanol–water partition coefficient (Wildman–Crippen LogP) is 4.02. The highest BCUT2D eigenvalue weighted by molar-refractivity contribution is 9.10. The van der Waals surface area contributed by atoms with Gasteiger partial charge in [0.25, 0.3) is 5.91 Å². The Kier molecular flexibility index (Phi) is 4.90. The summed E-state index contributed by atoms with van der Waals surface area (Å²) in [6.45, 7) is 3.73. The molecule has 1 aromatic heterocycles. The first kappa shape index (κ1) is 15.4. The normalized spacial score (nSPS) is 10.5. The summed E-state index contributed by atoms with van der Waals surface area (Å²) < 4.78 is 19.3. The number of rotatable bonds is 4. The summed E-state index contributed by atoms with van der Waals surface area (Å²) >= 11 is 3.05. The van der Waals surface area contributed by atoms with Gasteiger partial charge in [-0.15, -0.1) is 0 Å². The van der Waals surface area contributed by atoms with Crippen LogP contribution in [0.25, 0.3) is 0 Å². The van der Waals surface area contributed by atoms with E-state index in [1.807, 2.05) is 13.8 Å². The Labute approximate surface area is 130 Å². The highest BCUT2D eigenvalue weighted by atomic mass is 79.9. The Balaban J connectivity index is 2.21. The minimum atomic E-state index is -0.493. The molecule has 0 aliphatic carbocycles. The van der Waals surface area contributed by atoms with Crippen LogP contribution in [0.15, 0.2) is 41.0 Å². The minimum Gasteiger partial charge on any atom is -0.473 e. The number of pyridine rings is 1. The van der Waals surface area contributed by atoms with Crippen LogP contribution in [0, 0.1) is 5.82 Å². The molecular formula is C15H14BrFN2O2. The molecule has 1 N–H and O–H groups in total. The molecule has 21 heavy (non-hydrogen) atoms. The van der Waals surface area contributed by atoms with Gasteiger partial charge in [-0.05, 0) is 60.1 Å². The quantitative estimate of drug-likeness (QED) is 0.903. The van der Waals surface area contributed by atoms with Gasteiger partial charge < -0.3 is 10.1 Å². The lowest BCUT2D eigenvalue weighted by Crippen LogP contribution is -2.15. The highest BCUT2D eigenvalue weighted by Crippen LogP contribution is 2.23. The Morgan fingerprint density at radius 3 is 2.81 bits per heavy atom. The summed E-state index contributed by atoms with van der Waals surface area (Å²) in [6, 6.07) is 7.54. The Bertz CT molecular complexity index is 662. The van der Waals surface area contributed by atoms with E-state index in [0.29, 0.717) is 16.0 Å². The first-order chi connectivity index (χ1) is 9.97. The van der Waals surface area contributed by atoms with E-state index >= 15 is 0 Å². The fraction of sp³-hybridized carbons (Fsp3) is 0.200. The van der Waals surface area contributed by atoms with Crippen molar-refractivity contribution in [2.75, 3.05) is 5.32 Å². The molecule has 4 nitrogen and oxygen atoms in total. The first-order valence-electron chi connectivity index (χ1n) is 6.35. The summed E-state index contributed by atoms with van der Waals surface area (Å²) in [6.07, 6.45) is 1.51. The molecule has 0 saturated heterocycles. The number of aromatic nitrogens is 1. The number of benzene rings is 1. The van der Waals surface area contributed by atoms with Crippen molar-refractivity contribution < 1.29 is 13.9 Å². The van der Waals surface area contributed by atoms with Crippen molar-refractivity contribution in [2.24, 2.45) is 0 Å². The molecule has 0 bridgehead atoms. The van der Waals surface area contributed by atoms with Gasteiger partial charge in [-0.1, -0.05) is 0 Å². The van der Waals surface area contributed by atoms with Crippen molar-refractivity contribution in [2.45, 2.75) is 20.0 Å². The van der Waals surface area contributed by atoms with Gasteiger partial charge in [0.05, 0.1) is 10.6 Å². The van der Waals surface area contributed by atoms with Crippen LogP contribution in [0.5, 0.6) is 5.88 Å². The number of amides is 1. The molecular weight excluding hydrogens is 339 g/mol. The maximum absolute atomic E-state index is 13.5. The van der Waals surface area contributed by atoms with Crippen LogP contribution in [-0.4, -0.2) is 17.0 Å². The maximum atomic E-state index is 13.5. The third-order valence-electron chi connectivity index (χ3n) is 2.55. The second-order valence-electron chi connectivity index (χ2n) is 4.61. The molecule has 1 aromatic carbocycles. The number of ether oxygens (including phenoxy) is 1. The van der Waals surface area contributed by atoms with Gasteiger partial charge in [0.2, 0.25) is 5.88 Å². The molecule has 2 aromatic rings. The molecule has 0 spiro atoms. The SMILES string of the molecule is CC(C)Oc1ncccc1NC(=O)c1ccc(Br)c(F)c1. The van der Waals surface area contributed by atoms with Crippen LogP contribution in [0.2, 0.25) is 0 Å². The first-order valence-corrected chi connectivity index (χ1v) is 7.14.